The molecule has 110 valence electrons. The molecule has 0 aromatic heterocycles. The van der Waals surface area contributed by atoms with Crippen molar-refractivity contribution in [1.82, 2.24) is 0 Å². The minimum atomic E-state index is -1.40. The fourth-order valence-corrected chi connectivity index (χ4v) is 3.33. The first kappa shape index (κ1) is 15.1. The Hall–Kier alpha value is -1.80. The molecule has 0 radical (unpaired) electrons. The van der Waals surface area contributed by atoms with E-state index in [1.165, 1.54) is 0 Å². The standard InChI is InChI=1S/C19H14Cl2O/c20-16-12-7-13-17(21)18(16)19(22,14-8-3-1-4-9-14)15-10-5-2-6-11-15/h1-13,22H. The highest BCUT2D eigenvalue weighted by atomic mass is 35.5. The van der Waals surface area contributed by atoms with Gasteiger partial charge in [0.1, 0.15) is 5.60 Å². The summed E-state index contributed by atoms with van der Waals surface area (Å²) in [4.78, 5) is 0. The summed E-state index contributed by atoms with van der Waals surface area (Å²) in [5, 5.41) is 12.5. The second kappa shape index (κ2) is 6.13. The summed E-state index contributed by atoms with van der Waals surface area (Å²) in [6.45, 7) is 0. The summed E-state index contributed by atoms with van der Waals surface area (Å²) < 4.78 is 0. The molecule has 1 nitrogen and oxygen atoms in total. The molecule has 0 bridgehead atoms. The van der Waals surface area contributed by atoms with E-state index < -0.39 is 5.60 Å². The van der Waals surface area contributed by atoms with E-state index in [-0.39, 0.29) is 0 Å². The van der Waals surface area contributed by atoms with Crippen molar-refractivity contribution >= 4 is 23.2 Å². The number of halogens is 2. The average Bonchev–Trinajstić information content (AvgIpc) is 2.56. The molecule has 0 spiro atoms. The van der Waals surface area contributed by atoms with Gasteiger partial charge in [-0.25, -0.2) is 0 Å². The Morgan fingerprint density at radius 2 is 1.00 bits per heavy atom. The van der Waals surface area contributed by atoms with Crippen LogP contribution in [0, 0.1) is 0 Å². The van der Waals surface area contributed by atoms with Crippen LogP contribution in [-0.4, -0.2) is 5.11 Å². The van der Waals surface area contributed by atoms with Gasteiger partial charge in [0.15, 0.2) is 0 Å². The summed E-state index contributed by atoms with van der Waals surface area (Å²) in [6.07, 6.45) is 0. The fraction of sp³-hybridized carbons (Fsp3) is 0.0526. The van der Waals surface area contributed by atoms with Crippen LogP contribution in [0.4, 0.5) is 0 Å². The lowest BCUT2D eigenvalue weighted by atomic mass is 9.80. The molecule has 0 unspecified atom stereocenters. The second-order valence-corrected chi connectivity index (χ2v) is 5.85. The number of hydrogen-bond acceptors (Lipinski definition) is 1. The molecule has 0 fully saturated rings. The Morgan fingerprint density at radius 3 is 1.41 bits per heavy atom. The van der Waals surface area contributed by atoms with Gasteiger partial charge in [0, 0.05) is 15.6 Å². The lowest BCUT2D eigenvalue weighted by molar-refractivity contribution is 0.126. The van der Waals surface area contributed by atoms with Gasteiger partial charge in [-0.3, -0.25) is 0 Å². The van der Waals surface area contributed by atoms with Crippen molar-refractivity contribution in [2.45, 2.75) is 5.60 Å². The first-order chi connectivity index (χ1) is 10.6. The number of aliphatic hydroxyl groups is 1. The molecule has 3 heteroatoms. The summed E-state index contributed by atoms with van der Waals surface area (Å²) >= 11 is 12.7. The molecule has 0 saturated carbocycles. The molecular formula is C19H14Cl2O. The van der Waals surface area contributed by atoms with E-state index in [9.17, 15) is 5.11 Å². The van der Waals surface area contributed by atoms with Crippen molar-refractivity contribution in [2.24, 2.45) is 0 Å². The molecule has 0 atom stereocenters. The Labute approximate surface area is 139 Å². The Morgan fingerprint density at radius 1 is 0.591 bits per heavy atom. The van der Waals surface area contributed by atoms with Crippen LogP contribution in [0.5, 0.6) is 0 Å². The highest BCUT2D eigenvalue weighted by molar-refractivity contribution is 6.36. The van der Waals surface area contributed by atoms with Crippen LogP contribution in [0.3, 0.4) is 0 Å². The van der Waals surface area contributed by atoms with Crippen molar-refractivity contribution < 1.29 is 5.11 Å². The van der Waals surface area contributed by atoms with Crippen molar-refractivity contribution in [3.8, 4) is 0 Å². The molecular weight excluding hydrogens is 315 g/mol. The largest absolute Gasteiger partial charge is 0.376 e. The number of benzene rings is 3. The van der Waals surface area contributed by atoms with Gasteiger partial charge in [-0.05, 0) is 23.3 Å². The zero-order chi connectivity index (χ0) is 15.6. The topological polar surface area (TPSA) is 20.2 Å². The van der Waals surface area contributed by atoms with Gasteiger partial charge in [0.2, 0.25) is 0 Å². The third-order valence-electron chi connectivity index (χ3n) is 3.71. The van der Waals surface area contributed by atoms with E-state index in [1.54, 1.807) is 18.2 Å². The van der Waals surface area contributed by atoms with E-state index >= 15 is 0 Å². The van der Waals surface area contributed by atoms with Crippen LogP contribution in [0.15, 0.2) is 78.9 Å². The quantitative estimate of drug-likeness (QED) is 0.648. The van der Waals surface area contributed by atoms with Crippen LogP contribution >= 0.6 is 23.2 Å². The lowest BCUT2D eigenvalue weighted by Gasteiger charge is -2.31. The van der Waals surface area contributed by atoms with Gasteiger partial charge in [-0.1, -0.05) is 89.9 Å². The molecule has 0 aliphatic rings. The maximum atomic E-state index is 11.6. The van der Waals surface area contributed by atoms with Gasteiger partial charge >= 0.3 is 0 Å². The molecule has 3 rings (SSSR count). The van der Waals surface area contributed by atoms with Gasteiger partial charge in [0.25, 0.3) is 0 Å². The summed E-state index contributed by atoms with van der Waals surface area (Å²) in [6, 6.07) is 24.1. The van der Waals surface area contributed by atoms with Crippen LogP contribution < -0.4 is 0 Å². The molecule has 0 aliphatic heterocycles. The first-order valence-electron chi connectivity index (χ1n) is 6.92. The molecule has 3 aromatic carbocycles. The van der Waals surface area contributed by atoms with Gasteiger partial charge < -0.3 is 5.11 Å². The molecule has 0 heterocycles. The van der Waals surface area contributed by atoms with Crippen molar-refractivity contribution in [1.29, 1.82) is 0 Å². The molecule has 3 aromatic rings. The molecule has 0 amide bonds. The van der Waals surface area contributed by atoms with Gasteiger partial charge in [0.05, 0.1) is 0 Å². The van der Waals surface area contributed by atoms with E-state index in [0.717, 1.165) is 11.1 Å². The van der Waals surface area contributed by atoms with Crippen molar-refractivity contribution in [2.75, 3.05) is 0 Å². The van der Waals surface area contributed by atoms with Crippen LogP contribution in [-0.2, 0) is 5.60 Å². The maximum Gasteiger partial charge on any atom is 0.143 e. The maximum absolute atomic E-state index is 11.6. The predicted octanol–water partition coefficient (Wildman–Crippen LogP) is 5.28. The summed E-state index contributed by atoms with van der Waals surface area (Å²) in [5.74, 6) is 0. The number of hydrogen-bond donors (Lipinski definition) is 1. The van der Waals surface area contributed by atoms with E-state index in [4.69, 9.17) is 23.2 Å². The minimum Gasteiger partial charge on any atom is -0.376 e. The van der Waals surface area contributed by atoms with Gasteiger partial charge in [-0.15, -0.1) is 0 Å². The summed E-state index contributed by atoms with van der Waals surface area (Å²) in [5.41, 5.74) is 0.529. The Balaban J connectivity index is 2.34. The second-order valence-electron chi connectivity index (χ2n) is 5.04. The molecule has 0 saturated heterocycles. The van der Waals surface area contributed by atoms with Crippen LogP contribution in [0.1, 0.15) is 16.7 Å². The molecule has 22 heavy (non-hydrogen) atoms. The van der Waals surface area contributed by atoms with Crippen LogP contribution in [0.25, 0.3) is 0 Å². The van der Waals surface area contributed by atoms with Gasteiger partial charge in [-0.2, -0.15) is 0 Å². The normalized spacial score (nSPS) is 11.4. The first-order valence-corrected chi connectivity index (χ1v) is 7.67. The van der Waals surface area contributed by atoms with E-state index in [0.29, 0.717) is 15.6 Å². The van der Waals surface area contributed by atoms with Crippen LogP contribution in [0.2, 0.25) is 10.0 Å². The third kappa shape index (κ3) is 2.52. The minimum absolute atomic E-state index is 0.433. The Kier molecular flexibility index (Phi) is 4.21. The Bertz CT molecular complexity index is 710. The van der Waals surface area contributed by atoms with Crippen molar-refractivity contribution in [3.05, 3.63) is 106 Å². The van der Waals surface area contributed by atoms with E-state index in [2.05, 4.69) is 0 Å². The third-order valence-corrected chi connectivity index (χ3v) is 4.34. The number of rotatable bonds is 3. The monoisotopic (exact) mass is 328 g/mol. The lowest BCUT2D eigenvalue weighted by Crippen LogP contribution is -2.29. The SMILES string of the molecule is OC(c1ccccc1)(c1ccccc1)c1c(Cl)cccc1Cl. The molecule has 0 aliphatic carbocycles. The fourth-order valence-electron chi connectivity index (χ4n) is 2.66. The highest BCUT2D eigenvalue weighted by Gasteiger charge is 2.37. The zero-order valence-electron chi connectivity index (χ0n) is 11.7. The average molecular weight is 329 g/mol. The summed E-state index contributed by atoms with van der Waals surface area (Å²) in [7, 11) is 0. The predicted molar refractivity (Wildman–Crippen MR) is 91.4 cm³/mol. The zero-order valence-corrected chi connectivity index (χ0v) is 13.2. The van der Waals surface area contributed by atoms with E-state index in [1.807, 2.05) is 60.7 Å². The molecule has 1 N–H and O–H groups in total. The smallest absolute Gasteiger partial charge is 0.143 e. The highest BCUT2D eigenvalue weighted by Crippen LogP contribution is 2.43. The van der Waals surface area contributed by atoms with Crippen molar-refractivity contribution in [3.63, 3.8) is 0 Å².